The topological polar surface area (TPSA) is 67.9 Å². The second-order valence-electron chi connectivity index (χ2n) is 6.16. The number of ether oxygens (including phenoxy) is 2. The van der Waals surface area contributed by atoms with Crippen molar-refractivity contribution in [2.45, 2.75) is 12.8 Å². The zero-order valence-corrected chi connectivity index (χ0v) is 15.5. The van der Waals surface area contributed by atoms with Gasteiger partial charge in [0.2, 0.25) is 11.8 Å². The van der Waals surface area contributed by atoms with E-state index in [1.54, 1.807) is 23.1 Å². The first-order chi connectivity index (χ1) is 12.6. The Morgan fingerprint density at radius 1 is 1.08 bits per heavy atom. The maximum atomic E-state index is 12.5. The minimum absolute atomic E-state index is 0.0259. The monoisotopic (exact) mass is 416 g/mol. The van der Waals surface area contributed by atoms with Crippen LogP contribution in [0.15, 0.2) is 40.9 Å². The first kappa shape index (κ1) is 16.9. The van der Waals surface area contributed by atoms with Crippen LogP contribution in [-0.2, 0) is 16.0 Å². The number of fused-ring (bicyclic) bond motifs is 2. The van der Waals surface area contributed by atoms with Crippen LogP contribution in [0.2, 0.25) is 0 Å². The Bertz CT molecular complexity index is 884. The first-order valence-electron chi connectivity index (χ1n) is 8.38. The summed E-state index contributed by atoms with van der Waals surface area (Å²) in [6, 6.07) is 11.0. The summed E-state index contributed by atoms with van der Waals surface area (Å²) < 4.78 is 12.0. The highest BCUT2D eigenvalue weighted by molar-refractivity contribution is 9.10. The molecule has 0 saturated carbocycles. The highest BCUT2D eigenvalue weighted by atomic mass is 79.9. The molecule has 2 aromatic rings. The third-order valence-corrected chi connectivity index (χ3v) is 4.86. The number of carbonyl (C=O) groups is 2. The van der Waals surface area contributed by atoms with Gasteiger partial charge in [0.15, 0.2) is 11.5 Å². The number of carbonyl (C=O) groups excluding carboxylic acids is 2. The number of benzene rings is 2. The number of anilines is 2. The summed E-state index contributed by atoms with van der Waals surface area (Å²) in [7, 11) is 0. The molecule has 6 nitrogen and oxygen atoms in total. The van der Waals surface area contributed by atoms with E-state index in [0.717, 1.165) is 15.7 Å². The van der Waals surface area contributed by atoms with Gasteiger partial charge in [-0.1, -0.05) is 15.9 Å². The van der Waals surface area contributed by atoms with Crippen molar-refractivity contribution in [3.63, 3.8) is 0 Å². The standard InChI is InChI=1S/C19H17BrN2O4/c20-13-2-4-15-12(9-13)1-6-19(24)22(15)11-18(23)21-14-3-5-16-17(10-14)26-8-7-25-16/h2-5,9-10H,1,6-8,11H2,(H,21,23). The van der Waals surface area contributed by atoms with Gasteiger partial charge in [-0.05, 0) is 42.3 Å². The molecular formula is C19H17BrN2O4. The number of nitrogens with one attached hydrogen (secondary N) is 1. The lowest BCUT2D eigenvalue weighted by Crippen LogP contribution is -2.40. The van der Waals surface area contributed by atoms with Crippen LogP contribution < -0.4 is 19.7 Å². The summed E-state index contributed by atoms with van der Waals surface area (Å²) in [5.41, 5.74) is 2.47. The molecular weight excluding hydrogens is 400 g/mol. The van der Waals surface area contributed by atoms with E-state index in [4.69, 9.17) is 9.47 Å². The molecule has 0 spiro atoms. The van der Waals surface area contributed by atoms with Gasteiger partial charge < -0.3 is 19.7 Å². The second kappa shape index (κ2) is 6.99. The lowest BCUT2D eigenvalue weighted by molar-refractivity contribution is -0.121. The SMILES string of the molecule is O=C(CN1C(=O)CCc2cc(Br)ccc21)Nc1ccc2c(c1)OCCO2. The summed E-state index contributed by atoms with van der Waals surface area (Å²) in [4.78, 5) is 26.3. The summed E-state index contributed by atoms with van der Waals surface area (Å²) in [6.07, 6.45) is 1.09. The summed E-state index contributed by atoms with van der Waals surface area (Å²) in [5.74, 6) is 0.973. The van der Waals surface area contributed by atoms with Crippen LogP contribution in [0.5, 0.6) is 11.5 Å². The molecule has 0 unspecified atom stereocenters. The number of rotatable bonds is 3. The third kappa shape index (κ3) is 3.39. The van der Waals surface area contributed by atoms with Crippen molar-refractivity contribution in [3.8, 4) is 11.5 Å². The normalized spacial score (nSPS) is 15.4. The van der Waals surface area contributed by atoms with Crippen LogP contribution in [0.4, 0.5) is 11.4 Å². The fourth-order valence-electron chi connectivity index (χ4n) is 3.17. The predicted molar refractivity (Wildman–Crippen MR) is 101 cm³/mol. The van der Waals surface area contributed by atoms with Crippen LogP contribution in [0, 0.1) is 0 Å². The zero-order chi connectivity index (χ0) is 18.1. The van der Waals surface area contributed by atoms with Gasteiger partial charge in [-0.15, -0.1) is 0 Å². The Morgan fingerprint density at radius 3 is 2.73 bits per heavy atom. The van der Waals surface area contributed by atoms with Crippen molar-refractivity contribution in [2.75, 3.05) is 30.0 Å². The molecule has 0 aromatic heterocycles. The number of hydrogen-bond acceptors (Lipinski definition) is 4. The molecule has 0 atom stereocenters. The zero-order valence-electron chi connectivity index (χ0n) is 14.0. The molecule has 0 aliphatic carbocycles. The molecule has 134 valence electrons. The van der Waals surface area contributed by atoms with E-state index in [1.807, 2.05) is 18.2 Å². The Kier molecular flexibility index (Phi) is 4.55. The lowest BCUT2D eigenvalue weighted by atomic mass is 10.0. The maximum absolute atomic E-state index is 12.5. The molecule has 4 rings (SSSR count). The minimum atomic E-state index is -0.259. The molecule has 2 amide bonds. The fourth-order valence-corrected chi connectivity index (χ4v) is 3.58. The van der Waals surface area contributed by atoms with Gasteiger partial charge in [0, 0.05) is 28.3 Å². The number of nitrogens with zero attached hydrogens (tertiary/aromatic N) is 1. The maximum Gasteiger partial charge on any atom is 0.244 e. The molecule has 2 aliphatic rings. The van der Waals surface area contributed by atoms with Crippen molar-refractivity contribution in [3.05, 3.63) is 46.4 Å². The molecule has 0 saturated heterocycles. The molecule has 2 aromatic carbocycles. The lowest BCUT2D eigenvalue weighted by Gasteiger charge is -2.29. The van der Waals surface area contributed by atoms with Crippen molar-refractivity contribution in [2.24, 2.45) is 0 Å². The van der Waals surface area contributed by atoms with Gasteiger partial charge in [-0.2, -0.15) is 0 Å². The summed E-state index contributed by atoms with van der Waals surface area (Å²) >= 11 is 3.45. The van der Waals surface area contributed by atoms with Crippen LogP contribution in [0.25, 0.3) is 0 Å². The molecule has 0 fully saturated rings. The van der Waals surface area contributed by atoms with Crippen LogP contribution in [0.1, 0.15) is 12.0 Å². The van der Waals surface area contributed by atoms with Gasteiger partial charge >= 0.3 is 0 Å². The first-order valence-corrected chi connectivity index (χ1v) is 9.18. The van der Waals surface area contributed by atoms with Crippen LogP contribution in [-0.4, -0.2) is 31.6 Å². The fraction of sp³-hybridized carbons (Fsp3) is 0.263. The van der Waals surface area contributed by atoms with E-state index in [9.17, 15) is 9.59 Å². The highest BCUT2D eigenvalue weighted by Gasteiger charge is 2.26. The third-order valence-electron chi connectivity index (χ3n) is 4.37. The van der Waals surface area contributed by atoms with Crippen LogP contribution >= 0.6 is 15.9 Å². The van der Waals surface area contributed by atoms with Crippen molar-refractivity contribution in [1.29, 1.82) is 0 Å². The number of hydrogen-bond donors (Lipinski definition) is 1. The number of aryl methyl sites for hydroxylation is 1. The minimum Gasteiger partial charge on any atom is -0.486 e. The molecule has 2 aliphatic heterocycles. The largest absolute Gasteiger partial charge is 0.486 e. The smallest absolute Gasteiger partial charge is 0.244 e. The van der Waals surface area contributed by atoms with E-state index in [0.29, 0.717) is 43.2 Å². The predicted octanol–water partition coefficient (Wildman–Crippen LogP) is 3.14. The Labute approximate surface area is 159 Å². The average molecular weight is 417 g/mol. The van der Waals surface area contributed by atoms with Crippen molar-refractivity contribution >= 4 is 39.1 Å². The Morgan fingerprint density at radius 2 is 1.88 bits per heavy atom. The molecule has 0 bridgehead atoms. The Hall–Kier alpha value is -2.54. The molecule has 2 heterocycles. The van der Waals surface area contributed by atoms with E-state index in [1.165, 1.54) is 0 Å². The Balaban J connectivity index is 1.49. The average Bonchev–Trinajstić information content (AvgIpc) is 2.64. The highest BCUT2D eigenvalue weighted by Crippen LogP contribution is 2.33. The van der Waals surface area contributed by atoms with Gasteiger partial charge in [-0.3, -0.25) is 9.59 Å². The van der Waals surface area contributed by atoms with E-state index in [-0.39, 0.29) is 18.4 Å². The van der Waals surface area contributed by atoms with E-state index < -0.39 is 0 Å². The van der Waals surface area contributed by atoms with Crippen molar-refractivity contribution < 1.29 is 19.1 Å². The second-order valence-corrected chi connectivity index (χ2v) is 7.08. The summed E-state index contributed by atoms with van der Waals surface area (Å²) in [5, 5.41) is 2.82. The van der Waals surface area contributed by atoms with E-state index >= 15 is 0 Å². The van der Waals surface area contributed by atoms with Gasteiger partial charge in [0.1, 0.15) is 19.8 Å². The van der Waals surface area contributed by atoms with Gasteiger partial charge in [0.25, 0.3) is 0 Å². The summed E-state index contributed by atoms with van der Waals surface area (Å²) in [6.45, 7) is 0.978. The molecule has 26 heavy (non-hydrogen) atoms. The van der Waals surface area contributed by atoms with Gasteiger partial charge in [-0.25, -0.2) is 0 Å². The molecule has 1 N–H and O–H groups in total. The number of halogens is 1. The molecule has 7 heteroatoms. The quantitative estimate of drug-likeness (QED) is 0.834. The van der Waals surface area contributed by atoms with Gasteiger partial charge in [0.05, 0.1) is 0 Å². The van der Waals surface area contributed by atoms with Crippen LogP contribution in [0.3, 0.4) is 0 Å². The number of amides is 2. The van der Waals surface area contributed by atoms with E-state index in [2.05, 4.69) is 21.2 Å². The van der Waals surface area contributed by atoms with Crippen molar-refractivity contribution in [1.82, 2.24) is 0 Å². The molecule has 0 radical (unpaired) electrons.